The van der Waals surface area contributed by atoms with Gasteiger partial charge in [-0.3, -0.25) is 4.99 Å². The summed E-state index contributed by atoms with van der Waals surface area (Å²) in [6.45, 7) is 12.5. The quantitative estimate of drug-likeness (QED) is 0.421. The Hall–Kier alpha value is -2.18. The molecule has 1 aliphatic carbocycles. The molecule has 0 amide bonds. The van der Waals surface area contributed by atoms with Crippen molar-refractivity contribution in [1.29, 1.82) is 0 Å². The van der Waals surface area contributed by atoms with Crippen molar-refractivity contribution in [1.82, 2.24) is 4.72 Å². The number of sulfonamides is 1. The molecule has 2 N–H and O–H groups in total. The fourth-order valence-corrected chi connectivity index (χ4v) is 6.66. The third-order valence-corrected chi connectivity index (χ3v) is 8.35. The second-order valence-electron chi connectivity index (χ2n) is 10.4. The number of para-hydroxylation sites is 1. The summed E-state index contributed by atoms with van der Waals surface area (Å²) in [5.74, 6) is 0.673. The van der Waals surface area contributed by atoms with Crippen LogP contribution in [0.5, 0.6) is 5.75 Å². The first kappa shape index (κ1) is 26.4. The van der Waals surface area contributed by atoms with Gasteiger partial charge in [0.15, 0.2) is 0 Å². The molecule has 0 aromatic heterocycles. The van der Waals surface area contributed by atoms with E-state index >= 15 is 0 Å². The van der Waals surface area contributed by atoms with E-state index in [0.29, 0.717) is 16.4 Å². The minimum Gasteiger partial charge on any atom is -0.507 e. The third-order valence-electron chi connectivity index (χ3n) is 6.73. The van der Waals surface area contributed by atoms with E-state index in [1.807, 2.05) is 6.07 Å². The Morgan fingerprint density at radius 3 is 2.09 bits per heavy atom. The molecule has 0 bridgehead atoms. The molecule has 1 aliphatic rings. The Kier molecular flexibility index (Phi) is 8.58. The normalized spacial score (nSPS) is 19.6. The van der Waals surface area contributed by atoms with Crippen molar-refractivity contribution in [3.05, 3.63) is 58.7 Å². The van der Waals surface area contributed by atoms with Crippen LogP contribution in [0.25, 0.3) is 0 Å². The smallest absolute Gasteiger partial charge is 0.241 e. The van der Waals surface area contributed by atoms with Crippen LogP contribution in [0.2, 0.25) is 0 Å². The van der Waals surface area contributed by atoms with Gasteiger partial charge >= 0.3 is 0 Å². The van der Waals surface area contributed by atoms with Crippen LogP contribution in [0.4, 0.5) is 0 Å². The second kappa shape index (κ2) is 11.0. The zero-order valence-corrected chi connectivity index (χ0v) is 22.2. The van der Waals surface area contributed by atoms with Crippen LogP contribution in [-0.4, -0.2) is 31.8 Å². The highest BCUT2D eigenvalue weighted by Gasteiger charge is 2.33. The summed E-state index contributed by atoms with van der Waals surface area (Å²) in [6.07, 6.45) is 5.22. The second-order valence-corrected chi connectivity index (χ2v) is 12.1. The summed E-state index contributed by atoms with van der Waals surface area (Å²) in [6, 6.07) is 10.8. The van der Waals surface area contributed by atoms with Gasteiger partial charge in [0, 0.05) is 17.8 Å². The van der Waals surface area contributed by atoms with Gasteiger partial charge in [0.2, 0.25) is 10.0 Å². The standard InChI is InChI=1S/C28H40N2O3S/c1-18(2)22-15-23(19(3)4)28(24(16-22)20(5)6)34(32,33)30-26-13-9-8-12-25(26)29-17-21-11-7-10-14-27(21)31/h7,10-11,14-20,25-26,30-31H,8-9,12-13H2,1-6H3/t25-,26-/m0/s1. The van der Waals surface area contributed by atoms with E-state index in [0.717, 1.165) is 36.8 Å². The van der Waals surface area contributed by atoms with Crippen molar-refractivity contribution in [2.75, 3.05) is 0 Å². The highest BCUT2D eigenvalue weighted by molar-refractivity contribution is 7.89. The van der Waals surface area contributed by atoms with E-state index in [1.165, 1.54) is 5.56 Å². The number of hydrogen-bond donors (Lipinski definition) is 2. The van der Waals surface area contributed by atoms with E-state index in [2.05, 4.69) is 58.4 Å². The molecule has 0 heterocycles. The molecule has 3 rings (SSSR count). The molecule has 0 saturated heterocycles. The van der Waals surface area contributed by atoms with Gasteiger partial charge in [-0.1, -0.05) is 78.6 Å². The van der Waals surface area contributed by atoms with Crippen LogP contribution in [0.1, 0.15) is 107 Å². The first-order valence-electron chi connectivity index (χ1n) is 12.5. The Balaban J connectivity index is 1.98. The molecular formula is C28H40N2O3S. The summed E-state index contributed by atoms with van der Waals surface area (Å²) >= 11 is 0. The van der Waals surface area contributed by atoms with E-state index in [4.69, 9.17) is 4.99 Å². The van der Waals surface area contributed by atoms with Gasteiger partial charge in [0.25, 0.3) is 0 Å². The van der Waals surface area contributed by atoms with E-state index < -0.39 is 10.0 Å². The van der Waals surface area contributed by atoms with Gasteiger partial charge in [0.05, 0.1) is 10.9 Å². The predicted octanol–water partition coefficient (Wildman–Crippen LogP) is 6.47. The van der Waals surface area contributed by atoms with E-state index in [-0.39, 0.29) is 29.7 Å². The van der Waals surface area contributed by atoms with Crippen LogP contribution in [0.3, 0.4) is 0 Å². The molecule has 6 heteroatoms. The number of aromatic hydroxyl groups is 1. The van der Waals surface area contributed by atoms with Crippen LogP contribution in [-0.2, 0) is 10.0 Å². The van der Waals surface area contributed by atoms with Gasteiger partial charge in [-0.25, -0.2) is 13.1 Å². The fourth-order valence-electron chi connectivity index (χ4n) is 4.66. The summed E-state index contributed by atoms with van der Waals surface area (Å²) in [7, 11) is -3.75. The highest BCUT2D eigenvalue weighted by atomic mass is 32.2. The maximum Gasteiger partial charge on any atom is 0.241 e. The van der Waals surface area contributed by atoms with Crippen LogP contribution < -0.4 is 4.72 Å². The molecule has 34 heavy (non-hydrogen) atoms. The number of hydrogen-bond acceptors (Lipinski definition) is 4. The topological polar surface area (TPSA) is 78.8 Å². The van der Waals surface area contributed by atoms with E-state index in [1.54, 1.807) is 24.4 Å². The van der Waals surface area contributed by atoms with Gasteiger partial charge in [-0.05, 0) is 59.4 Å². The lowest BCUT2D eigenvalue weighted by molar-refractivity contribution is 0.363. The average Bonchev–Trinajstić information content (AvgIpc) is 2.78. The molecule has 1 saturated carbocycles. The van der Waals surface area contributed by atoms with Crippen LogP contribution >= 0.6 is 0 Å². The maximum atomic E-state index is 13.9. The van der Waals surface area contributed by atoms with E-state index in [9.17, 15) is 13.5 Å². The van der Waals surface area contributed by atoms with Crippen molar-refractivity contribution < 1.29 is 13.5 Å². The predicted molar refractivity (Wildman–Crippen MR) is 141 cm³/mol. The largest absolute Gasteiger partial charge is 0.507 e. The van der Waals surface area contributed by atoms with Crippen LogP contribution in [0.15, 0.2) is 46.3 Å². The highest BCUT2D eigenvalue weighted by Crippen LogP contribution is 2.36. The number of phenols is 1. The molecular weight excluding hydrogens is 444 g/mol. The first-order valence-corrected chi connectivity index (χ1v) is 14.0. The lowest BCUT2D eigenvalue weighted by Gasteiger charge is -2.31. The van der Waals surface area contributed by atoms with Crippen molar-refractivity contribution in [2.45, 2.75) is 102 Å². The molecule has 2 aromatic carbocycles. The molecule has 0 spiro atoms. The molecule has 2 aromatic rings. The summed E-state index contributed by atoms with van der Waals surface area (Å²) in [5, 5.41) is 10.1. The Morgan fingerprint density at radius 1 is 0.941 bits per heavy atom. The zero-order chi connectivity index (χ0) is 25.0. The van der Waals surface area contributed by atoms with Gasteiger partial charge in [0.1, 0.15) is 5.75 Å². The molecule has 186 valence electrons. The average molecular weight is 485 g/mol. The Labute approximate surface area is 205 Å². The van der Waals surface area contributed by atoms with Gasteiger partial charge < -0.3 is 5.11 Å². The summed E-state index contributed by atoms with van der Waals surface area (Å²) in [4.78, 5) is 5.15. The number of nitrogens with zero attached hydrogens (tertiary/aromatic N) is 1. The van der Waals surface area contributed by atoms with Crippen molar-refractivity contribution >= 4 is 16.2 Å². The van der Waals surface area contributed by atoms with Crippen molar-refractivity contribution in [3.63, 3.8) is 0 Å². The van der Waals surface area contributed by atoms with Gasteiger partial charge in [-0.2, -0.15) is 0 Å². The molecule has 0 unspecified atom stereocenters. The number of nitrogens with one attached hydrogen (secondary N) is 1. The molecule has 2 atom stereocenters. The Bertz CT molecular complexity index is 1090. The minimum atomic E-state index is -3.75. The molecule has 5 nitrogen and oxygen atoms in total. The number of phenolic OH excluding ortho intramolecular Hbond substituents is 1. The summed E-state index contributed by atoms with van der Waals surface area (Å²) < 4.78 is 30.9. The minimum absolute atomic E-state index is 0.0870. The maximum absolute atomic E-state index is 13.9. The molecule has 0 radical (unpaired) electrons. The fraction of sp³-hybridized carbons (Fsp3) is 0.536. The van der Waals surface area contributed by atoms with Gasteiger partial charge in [-0.15, -0.1) is 0 Å². The number of aliphatic imine (C=N–C) groups is 1. The monoisotopic (exact) mass is 484 g/mol. The molecule has 1 fully saturated rings. The number of rotatable bonds is 8. The third kappa shape index (κ3) is 6.08. The SMILES string of the molecule is CC(C)c1cc(C(C)C)c(S(=O)(=O)N[C@H]2CCCC[C@@H]2N=Cc2ccccc2O)c(C(C)C)c1. The van der Waals surface area contributed by atoms with Crippen molar-refractivity contribution in [3.8, 4) is 5.75 Å². The first-order chi connectivity index (χ1) is 16.0. The summed E-state index contributed by atoms with van der Waals surface area (Å²) in [5.41, 5.74) is 3.58. The lowest BCUT2D eigenvalue weighted by Crippen LogP contribution is -2.44. The Morgan fingerprint density at radius 2 is 1.53 bits per heavy atom. The van der Waals surface area contributed by atoms with Crippen molar-refractivity contribution in [2.24, 2.45) is 4.99 Å². The lowest BCUT2D eigenvalue weighted by atomic mass is 9.89. The number of benzene rings is 2. The zero-order valence-electron chi connectivity index (χ0n) is 21.4. The van der Waals surface area contributed by atoms with Crippen LogP contribution in [0, 0.1) is 0 Å². The molecule has 0 aliphatic heterocycles.